The molecule has 0 aliphatic heterocycles. The molecular formula is C18H21F3N4O3. The van der Waals surface area contributed by atoms with Gasteiger partial charge in [0, 0.05) is 12.1 Å². The summed E-state index contributed by atoms with van der Waals surface area (Å²) in [6.45, 7) is 3.69. The van der Waals surface area contributed by atoms with Gasteiger partial charge in [0.2, 0.25) is 5.95 Å². The van der Waals surface area contributed by atoms with Gasteiger partial charge in [-0.1, -0.05) is 6.92 Å². The molecule has 7 nitrogen and oxygen atoms in total. The van der Waals surface area contributed by atoms with Crippen molar-refractivity contribution in [3.05, 3.63) is 35.5 Å². The first-order valence-electron chi connectivity index (χ1n) is 8.44. The molecule has 152 valence electrons. The summed E-state index contributed by atoms with van der Waals surface area (Å²) in [4.78, 5) is 19.4. The van der Waals surface area contributed by atoms with E-state index in [1.165, 1.54) is 32.4 Å². The Labute approximate surface area is 160 Å². The third-order valence-electron chi connectivity index (χ3n) is 3.89. The first-order valence-corrected chi connectivity index (χ1v) is 8.44. The zero-order chi connectivity index (χ0) is 20.9. The fourth-order valence-corrected chi connectivity index (χ4v) is 2.23. The quantitative estimate of drug-likeness (QED) is 0.675. The van der Waals surface area contributed by atoms with Crippen LogP contribution in [0.3, 0.4) is 0 Å². The molecule has 2 N–H and O–H groups in total. The van der Waals surface area contributed by atoms with E-state index in [9.17, 15) is 18.0 Å². The number of esters is 1. The summed E-state index contributed by atoms with van der Waals surface area (Å²) in [6.07, 6.45) is -3.97. The molecule has 1 aromatic carbocycles. The summed E-state index contributed by atoms with van der Waals surface area (Å²) < 4.78 is 49.6. The van der Waals surface area contributed by atoms with E-state index in [2.05, 4.69) is 25.3 Å². The number of benzene rings is 1. The molecule has 1 heterocycles. The Balaban J connectivity index is 2.46. The van der Waals surface area contributed by atoms with Crippen LogP contribution in [0.5, 0.6) is 5.75 Å². The van der Waals surface area contributed by atoms with Gasteiger partial charge in [0.15, 0.2) is 5.69 Å². The predicted molar refractivity (Wildman–Crippen MR) is 98.0 cm³/mol. The Hall–Kier alpha value is -3.04. The second-order valence-electron chi connectivity index (χ2n) is 5.95. The zero-order valence-corrected chi connectivity index (χ0v) is 15.8. The van der Waals surface area contributed by atoms with Gasteiger partial charge < -0.3 is 20.1 Å². The monoisotopic (exact) mass is 398 g/mol. The molecule has 2 rings (SSSR count). The molecular weight excluding hydrogens is 377 g/mol. The molecule has 0 spiro atoms. The Morgan fingerprint density at radius 2 is 1.93 bits per heavy atom. The van der Waals surface area contributed by atoms with E-state index in [0.29, 0.717) is 12.2 Å². The van der Waals surface area contributed by atoms with E-state index in [0.717, 1.165) is 6.07 Å². The minimum atomic E-state index is -4.65. The SMILES string of the molecule is CC[C@@H](C)Nc1nc(Nc2cc(C(=O)OC)ccc2OC)cc(C(F)(F)F)n1. The fourth-order valence-electron chi connectivity index (χ4n) is 2.23. The maximum atomic E-state index is 13.2. The van der Waals surface area contributed by atoms with Crippen LogP contribution in [-0.2, 0) is 10.9 Å². The minimum Gasteiger partial charge on any atom is -0.495 e. The minimum absolute atomic E-state index is 0.103. The molecule has 0 bridgehead atoms. The molecule has 0 saturated carbocycles. The predicted octanol–water partition coefficient (Wildman–Crippen LogP) is 4.24. The van der Waals surface area contributed by atoms with Crippen LogP contribution >= 0.6 is 0 Å². The van der Waals surface area contributed by atoms with Crippen molar-refractivity contribution in [2.45, 2.75) is 32.5 Å². The average Bonchev–Trinajstić information content (AvgIpc) is 2.66. The Morgan fingerprint density at radius 3 is 2.50 bits per heavy atom. The second kappa shape index (κ2) is 8.77. The molecule has 0 fully saturated rings. The first kappa shape index (κ1) is 21.3. The molecule has 1 aromatic heterocycles. The smallest absolute Gasteiger partial charge is 0.433 e. The van der Waals surface area contributed by atoms with Crippen LogP contribution in [0.1, 0.15) is 36.3 Å². The third-order valence-corrected chi connectivity index (χ3v) is 3.89. The number of alkyl halides is 3. The van der Waals surface area contributed by atoms with Crippen LogP contribution in [0.15, 0.2) is 24.3 Å². The molecule has 0 aliphatic rings. The highest BCUT2D eigenvalue weighted by atomic mass is 19.4. The number of ether oxygens (including phenoxy) is 2. The topological polar surface area (TPSA) is 85.4 Å². The van der Waals surface area contributed by atoms with Crippen molar-refractivity contribution in [3.63, 3.8) is 0 Å². The van der Waals surface area contributed by atoms with E-state index in [1.807, 2.05) is 6.92 Å². The van der Waals surface area contributed by atoms with Crippen molar-refractivity contribution in [1.29, 1.82) is 0 Å². The lowest BCUT2D eigenvalue weighted by atomic mass is 10.2. The van der Waals surface area contributed by atoms with Gasteiger partial charge in [-0.05, 0) is 31.5 Å². The number of aromatic nitrogens is 2. The summed E-state index contributed by atoms with van der Waals surface area (Å²) in [6, 6.07) is 5.05. The van der Waals surface area contributed by atoms with Crippen LogP contribution in [0.4, 0.5) is 30.6 Å². The maximum Gasteiger partial charge on any atom is 0.433 e. The van der Waals surface area contributed by atoms with Crippen molar-refractivity contribution < 1.29 is 27.4 Å². The van der Waals surface area contributed by atoms with E-state index >= 15 is 0 Å². The van der Waals surface area contributed by atoms with Gasteiger partial charge in [-0.3, -0.25) is 0 Å². The zero-order valence-electron chi connectivity index (χ0n) is 15.8. The van der Waals surface area contributed by atoms with Crippen molar-refractivity contribution in [2.24, 2.45) is 0 Å². The van der Waals surface area contributed by atoms with Gasteiger partial charge in [0.1, 0.15) is 11.6 Å². The number of carbonyl (C=O) groups is 1. The highest BCUT2D eigenvalue weighted by Gasteiger charge is 2.34. The largest absolute Gasteiger partial charge is 0.495 e. The Kier molecular flexibility index (Phi) is 6.66. The molecule has 1 atom stereocenters. The average molecular weight is 398 g/mol. The summed E-state index contributed by atoms with van der Waals surface area (Å²) in [5.74, 6) is -0.539. The molecule has 0 unspecified atom stereocenters. The van der Waals surface area contributed by atoms with E-state index in [4.69, 9.17) is 4.74 Å². The summed E-state index contributed by atoms with van der Waals surface area (Å²) >= 11 is 0. The normalized spacial score (nSPS) is 12.2. The van der Waals surface area contributed by atoms with Crippen molar-refractivity contribution in [2.75, 3.05) is 24.9 Å². The molecule has 2 aromatic rings. The van der Waals surface area contributed by atoms with Gasteiger partial charge in [-0.2, -0.15) is 18.2 Å². The highest BCUT2D eigenvalue weighted by molar-refractivity contribution is 5.91. The van der Waals surface area contributed by atoms with Crippen LogP contribution in [0.2, 0.25) is 0 Å². The number of halogens is 3. The third kappa shape index (κ3) is 5.24. The van der Waals surface area contributed by atoms with Gasteiger partial charge >= 0.3 is 12.1 Å². The van der Waals surface area contributed by atoms with E-state index in [1.54, 1.807) is 6.92 Å². The van der Waals surface area contributed by atoms with Crippen LogP contribution in [0, 0.1) is 0 Å². The van der Waals surface area contributed by atoms with Crippen LogP contribution in [-0.4, -0.2) is 36.2 Å². The number of hydrogen-bond acceptors (Lipinski definition) is 7. The lowest BCUT2D eigenvalue weighted by molar-refractivity contribution is -0.141. The number of carbonyl (C=O) groups excluding carboxylic acids is 1. The number of rotatable bonds is 7. The van der Waals surface area contributed by atoms with Crippen molar-refractivity contribution in [1.82, 2.24) is 9.97 Å². The van der Waals surface area contributed by atoms with Gasteiger partial charge in [0.05, 0.1) is 25.5 Å². The van der Waals surface area contributed by atoms with E-state index < -0.39 is 17.8 Å². The Bertz CT molecular complexity index is 843. The standard InChI is InChI=1S/C18H21F3N4O3/c1-5-10(2)22-17-24-14(18(19,20)21)9-15(25-17)23-12-8-11(16(26)28-4)6-7-13(12)27-3/h6-10H,5H2,1-4H3,(H2,22,23,24,25)/t10-/m1/s1. The molecule has 0 aliphatic carbocycles. The number of anilines is 3. The summed E-state index contributed by atoms with van der Waals surface area (Å²) in [5, 5.41) is 5.59. The number of hydrogen-bond donors (Lipinski definition) is 2. The number of nitrogens with zero attached hydrogens (tertiary/aromatic N) is 2. The molecule has 0 saturated heterocycles. The van der Waals surface area contributed by atoms with E-state index in [-0.39, 0.29) is 29.1 Å². The lowest BCUT2D eigenvalue weighted by Gasteiger charge is -2.16. The van der Waals surface area contributed by atoms with Gasteiger partial charge in [-0.25, -0.2) is 9.78 Å². The molecule has 0 radical (unpaired) electrons. The van der Waals surface area contributed by atoms with Crippen LogP contribution in [0.25, 0.3) is 0 Å². The molecule has 28 heavy (non-hydrogen) atoms. The summed E-state index contributed by atoms with van der Waals surface area (Å²) in [5.41, 5.74) is -0.639. The van der Waals surface area contributed by atoms with Gasteiger partial charge in [0.25, 0.3) is 0 Å². The molecule has 10 heteroatoms. The fraction of sp³-hybridized carbons (Fsp3) is 0.389. The first-order chi connectivity index (χ1) is 13.2. The summed E-state index contributed by atoms with van der Waals surface area (Å²) in [7, 11) is 2.63. The second-order valence-corrected chi connectivity index (χ2v) is 5.95. The van der Waals surface area contributed by atoms with Gasteiger partial charge in [-0.15, -0.1) is 0 Å². The Morgan fingerprint density at radius 1 is 1.21 bits per heavy atom. The lowest BCUT2D eigenvalue weighted by Crippen LogP contribution is -2.19. The van der Waals surface area contributed by atoms with Crippen LogP contribution < -0.4 is 15.4 Å². The maximum absolute atomic E-state index is 13.2. The number of nitrogens with one attached hydrogen (secondary N) is 2. The number of methoxy groups -OCH3 is 2. The molecule has 0 amide bonds. The highest BCUT2D eigenvalue weighted by Crippen LogP contribution is 2.33. The van der Waals surface area contributed by atoms with Crippen molar-refractivity contribution in [3.8, 4) is 5.75 Å². The van der Waals surface area contributed by atoms with Crippen molar-refractivity contribution >= 4 is 23.4 Å².